The summed E-state index contributed by atoms with van der Waals surface area (Å²) in [6.07, 6.45) is 12.5. The zero-order valence-corrected chi connectivity index (χ0v) is 13.3. The first-order valence-corrected chi connectivity index (χ1v) is 8.67. The fourth-order valence-electron chi connectivity index (χ4n) is 3.73. The van der Waals surface area contributed by atoms with Crippen molar-refractivity contribution in [1.29, 1.82) is 0 Å². The standard InChI is InChI=1S/C16H27N5O/c22-16(19-14-5-2-1-3-6-14)8-10-20-9-4-7-15(20)11-21-13-17-12-18-21/h12-15H,1-11H2,(H,19,22)/t15-/m0/s1. The van der Waals surface area contributed by atoms with E-state index in [1.165, 1.54) is 32.1 Å². The molecule has 1 aliphatic heterocycles. The van der Waals surface area contributed by atoms with Crippen LogP contribution in [-0.4, -0.2) is 50.7 Å². The summed E-state index contributed by atoms with van der Waals surface area (Å²) in [6.45, 7) is 2.83. The van der Waals surface area contributed by atoms with Gasteiger partial charge in [-0.3, -0.25) is 14.4 Å². The van der Waals surface area contributed by atoms with Gasteiger partial charge in [0.25, 0.3) is 0 Å². The van der Waals surface area contributed by atoms with Crippen LogP contribution in [-0.2, 0) is 11.3 Å². The Morgan fingerprint density at radius 1 is 1.18 bits per heavy atom. The highest BCUT2D eigenvalue weighted by atomic mass is 16.1. The topological polar surface area (TPSA) is 63.1 Å². The molecular weight excluding hydrogens is 278 g/mol. The summed E-state index contributed by atoms with van der Waals surface area (Å²) in [5.41, 5.74) is 0. The third-order valence-electron chi connectivity index (χ3n) is 4.96. The van der Waals surface area contributed by atoms with Crippen molar-refractivity contribution < 1.29 is 4.79 Å². The van der Waals surface area contributed by atoms with Crippen LogP contribution in [0.3, 0.4) is 0 Å². The minimum Gasteiger partial charge on any atom is -0.353 e. The number of aromatic nitrogens is 3. The number of nitrogens with zero attached hydrogens (tertiary/aromatic N) is 4. The van der Waals surface area contributed by atoms with E-state index in [1.54, 1.807) is 12.7 Å². The van der Waals surface area contributed by atoms with Crippen LogP contribution in [0.25, 0.3) is 0 Å². The van der Waals surface area contributed by atoms with Crippen molar-refractivity contribution >= 4 is 5.91 Å². The maximum atomic E-state index is 12.1. The van der Waals surface area contributed by atoms with Crippen molar-refractivity contribution in [2.75, 3.05) is 13.1 Å². The SMILES string of the molecule is O=C(CCN1CCC[C@H]1Cn1cncn1)NC1CCCCC1. The van der Waals surface area contributed by atoms with Crippen LogP contribution in [0.5, 0.6) is 0 Å². The van der Waals surface area contributed by atoms with Gasteiger partial charge in [-0.25, -0.2) is 4.98 Å². The number of rotatable bonds is 6. The molecule has 2 heterocycles. The summed E-state index contributed by atoms with van der Waals surface area (Å²) in [6, 6.07) is 0.912. The predicted octanol–water partition coefficient (Wildman–Crippen LogP) is 1.58. The molecule has 1 aromatic heterocycles. The fourth-order valence-corrected chi connectivity index (χ4v) is 3.73. The van der Waals surface area contributed by atoms with Gasteiger partial charge in [-0.15, -0.1) is 0 Å². The molecule has 0 aromatic carbocycles. The summed E-state index contributed by atoms with van der Waals surface area (Å²) in [4.78, 5) is 18.6. The molecule has 1 amide bonds. The van der Waals surface area contributed by atoms with Gasteiger partial charge in [0.1, 0.15) is 12.7 Å². The average molecular weight is 305 g/mol. The van der Waals surface area contributed by atoms with Gasteiger partial charge in [0.05, 0.1) is 6.54 Å². The molecule has 0 radical (unpaired) electrons. The van der Waals surface area contributed by atoms with Gasteiger partial charge in [0.2, 0.25) is 5.91 Å². The van der Waals surface area contributed by atoms with E-state index in [-0.39, 0.29) is 5.91 Å². The van der Waals surface area contributed by atoms with Gasteiger partial charge in [0.15, 0.2) is 0 Å². The van der Waals surface area contributed by atoms with E-state index in [0.717, 1.165) is 32.5 Å². The molecule has 0 unspecified atom stereocenters. The van der Waals surface area contributed by atoms with E-state index in [1.807, 2.05) is 4.68 Å². The summed E-state index contributed by atoms with van der Waals surface area (Å²) in [5, 5.41) is 7.40. The Balaban J connectivity index is 1.40. The lowest BCUT2D eigenvalue weighted by atomic mass is 9.95. The maximum absolute atomic E-state index is 12.1. The lowest BCUT2D eigenvalue weighted by Crippen LogP contribution is -2.40. The van der Waals surface area contributed by atoms with Crippen molar-refractivity contribution in [3.8, 4) is 0 Å². The molecule has 1 aromatic rings. The van der Waals surface area contributed by atoms with Crippen LogP contribution >= 0.6 is 0 Å². The van der Waals surface area contributed by atoms with Gasteiger partial charge in [-0.2, -0.15) is 5.10 Å². The quantitative estimate of drug-likeness (QED) is 0.867. The highest BCUT2D eigenvalue weighted by Crippen LogP contribution is 2.19. The van der Waals surface area contributed by atoms with Crippen molar-refractivity contribution in [2.24, 2.45) is 0 Å². The minimum absolute atomic E-state index is 0.221. The molecule has 0 spiro atoms. The summed E-state index contributed by atoms with van der Waals surface area (Å²) < 4.78 is 1.89. The number of hydrogen-bond donors (Lipinski definition) is 1. The van der Waals surface area contributed by atoms with Crippen LogP contribution in [0.2, 0.25) is 0 Å². The normalized spacial score (nSPS) is 23.7. The average Bonchev–Trinajstić information content (AvgIpc) is 3.19. The number of carbonyl (C=O) groups excluding carboxylic acids is 1. The van der Waals surface area contributed by atoms with Gasteiger partial charge in [0, 0.05) is 25.0 Å². The van der Waals surface area contributed by atoms with Crippen molar-refractivity contribution in [3.05, 3.63) is 12.7 Å². The first-order valence-electron chi connectivity index (χ1n) is 8.67. The molecular formula is C16H27N5O. The van der Waals surface area contributed by atoms with Crippen molar-refractivity contribution in [1.82, 2.24) is 25.0 Å². The molecule has 2 aliphatic rings. The minimum atomic E-state index is 0.221. The monoisotopic (exact) mass is 305 g/mol. The number of likely N-dealkylation sites (tertiary alicyclic amines) is 1. The molecule has 1 saturated carbocycles. The lowest BCUT2D eigenvalue weighted by molar-refractivity contribution is -0.122. The van der Waals surface area contributed by atoms with Crippen LogP contribution in [0.15, 0.2) is 12.7 Å². The second-order valence-electron chi connectivity index (χ2n) is 6.60. The van der Waals surface area contributed by atoms with E-state index in [4.69, 9.17) is 0 Å². The third kappa shape index (κ3) is 4.29. The van der Waals surface area contributed by atoms with Crippen molar-refractivity contribution in [3.63, 3.8) is 0 Å². The zero-order valence-electron chi connectivity index (χ0n) is 13.3. The third-order valence-corrected chi connectivity index (χ3v) is 4.96. The van der Waals surface area contributed by atoms with E-state index in [0.29, 0.717) is 18.5 Å². The van der Waals surface area contributed by atoms with Gasteiger partial charge >= 0.3 is 0 Å². The van der Waals surface area contributed by atoms with Gasteiger partial charge in [-0.1, -0.05) is 19.3 Å². The molecule has 3 rings (SSSR count). The molecule has 1 aliphatic carbocycles. The second-order valence-corrected chi connectivity index (χ2v) is 6.60. The Morgan fingerprint density at radius 2 is 2.05 bits per heavy atom. The highest BCUT2D eigenvalue weighted by molar-refractivity contribution is 5.76. The number of carbonyl (C=O) groups is 1. The fraction of sp³-hybridized carbons (Fsp3) is 0.812. The Kier molecular flexibility index (Phi) is 5.43. The Bertz CT molecular complexity index is 455. The Morgan fingerprint density at radius 3 is 2.82 bits per heavy atom. The highest BCUT2D eigenvalue weighted by Gasteiger charge is 2.25. The first-order chi connectivity index (χ1) is 10.8. The molecule has 2 fully saturated rings. The molecule has 1 N–H and O–H groups in total. The van der Waals surface area contributed by atoms with Crippen LogP contribution in [0, 0.1) is 0 Å². The molecule has 22 heavy (non-hydrogen) atoms. The molecule has 1 atom stereocenters. The maximum Gasteiger partial charge on any atom is 0.221 e. The van der Waals surface area contributed by atoms with E-state index in [2.05, 4.69) is 20.3 Å². The smallest absolute Gasteiger partial charge is 0.221 e. The van der Waals surface area contributed by atoms with Crippen LogP contribution < -0.4 is 5.32 Å². The number of amides is 1. The van der Waals surface area contributed by atoms with E-state index in [9.17, 15) is 4.79 Å². The van der Waals surface area contributed by atoms with E-state index < -0.39 is 0 Å². The van der Waals surface area contributed by atoms with Crippen LogP contribution in [0.1, 0.15) is 51.4 Å². The lowest BCUT2D eigenvalue weighted by Gasteiger charge is -2.26. The number of nitrogens with one attached hydrogen (secondary N) is 1. The Hall–Kier alpha value is -1.43. The van der Waals surface area contributed by atoms with Crippen LogP contribution in [0.4, 0.5) is 0 Å². The van der Waals surface area contributed by atoms with Gasteiger partial charge in [-0.05, 0) is 32.2 Å². The molecule has 1 saturated heterocycles. The molecule has 6 heteroatoms. The van der Waals surface area contributed by atoms with Gasteiger partial charge < -0.3 is 5.32 Å². The number of hydrogen-bond acceptors (Lipinski definition) is 4. The summed E-state index contributed by atoms with van der Waals surface area (Å²) >= 11 is 0. The Labute approximate surface area is 132 Å². The molecule has 6 nitrogen and oxygen atoms in total. The molecule has 122 valence electrons. The predicted molar refractivity (Wildman–Crippen MR) is 84.2 cm³/mol. The van der Waals surface area contributed by atoms with Crippen molar-refractivity contribution in [2.45, 2.75) is 70.0 Å². The second kappa shape index (κ2) is 7.72. The molecule has 0 bridgehead atoms. The summed E-state index contributed by atoms with van der Waals surface area (Å²) in [5.74, 6) is 0.221. The zero-order chi connectivity index (χ0) is 15.2. The first kappa shape index (κ1) is 15.5. The largest absolute Gasteiger partial charge is 0.353 e. The van der Waals surface area contributed by atoms with E-state index >= 15 is 0 Å². The summed E-state index contributed by atoms with van der Waals surface area (Å²) in [7, 11) is 0.